The van der Waals surface area contributed by atoms with Gasteiger partial charge >= 0.3 is 0 Å². The predicted molar refractivity (Wildman–Crippen MR) is 80.9 cm³/mol. The normalized spacial score (nSPS) is 19.9. The predicted octanol–water partition coefficient (Wildman–Crippen LogP) is 4.00. The van der Waals surface area contributed by atoms with E-state index in [0.29, 0.717) is 17.9 Å². The zero-order valence-corrected chi connectivity index (χ0v) is 13.2. The molecular formula is C16H29N3O. The summed E-state index contributed by atoms with van der Waals surface area (Å²) in [6.07, 6.45) is 8.60. The molecule has 1 aliphatic carbocycles. The van der Waals surface area contributed by atoms with Gasteiger partial charge in [-0.05, 0) is 39.2 Å². The van der Waals surface area contributed by atoms with Crippen LogP contribution in [0.5, 0.6) is 0 Å². The lowest BCUT2D eigenvalue weighted by molar-refractivity contribution is 0.310. The molecule has 0 amide bonds. The van der Waals surface area contributed by atoms with Crippen LogP contribution in [0.1, 0.15) is 89.3 Å². The van der Waals surface area contributed by atoms with Gasteiger partial charge in [0.25, 0.3) is 0 Å². The third-order valence-corrected chi connectivity index (χ3v) is 4.50. The van der Waals surface area contributed by atoms with E-state index in [4.69, 9.17) is 9.51 Å². The average molecular weight is 279 g/mol. The highest BCUT2D eigenvalue weighted by molar-refractivity contribution is 5.02. The zero-order valence-electron chi connectivity index (χ0n) is 13.2. The number of hydrogen-bond donors (Lipinski definition) is 1. The summed E-state index contributed by atoms with van der Waals surface area (Å²) in [5.74, 6) is 2.62. The Balaban J connectivity index is 2.01. The molecule has 2 atom stereocenters. The lowest BCUT2D eigenvalue weighted by Crippen LogP contribution is -2.32. The summed E-state index contributed by atoms with van der Waals surface area (Å²) in [5.41, 5.74) is 0. The molecule has 1 fully saturated rings. The summed E-state index contributed by atoms with van der Waals surface area (Å²) in [7, 11) is 0. The largest absolute Gasteiger partial charge is 0.339 e. The Morgan fingerprint density at radius 2 is 2.00 bits per heavy atom. The first-order chi connectivity index (χ1) is 9.76. The van der Waals surface area contributed by atoms with Gasteiger partial charge in [-0.25, -0.2) is 0 Å². The summed E-state index contributed by atoms with van der Waals surface area (Å²) in [4.78, 5) is 4.72. The second-order valence-electron chi connectivity index (χ2n) is 6.08. The van der Waals surface area contributed by atoms with E-state index in [2.05, 4.69) is 31.2 Å². The van der Waals surface area contributed by atoms with Gasteiger partial charge in [0.1, 0.15) is 0 Å². The van der Waals surface area contributed by atoms with E-state index < -0.39 is 0 Å². The summed E-state index contributed by atoms with van der Waals surface area (Å²) in [6, 6.07) is 0.389. The molecular weight excluding hydrogens is 250 g/mol. The number of nitrogens with zero attached hydrogens (tertiary/aromatic N) is 2. The third kappa shape index (κ3) is 3.81. The van der Waals surface area contributed by atoms with E-state index in [9.17, 15) is 0 Å². The first kappa shape index (κ1) is 15.5. The maximum absolute atomic E-state index is 5.57. The Kier molecular flexibility index (Phi) is 6.02. The number of hydrogen-bond acceptors (Lipinski definition) is 4. The lowest BCUT2D eigenvalue weighted by Gasteiger charge is -2.20. The number of aromatic nitrogens is 2. The third-order valence-electron chi connectivity index (χ3n) is 4.50. The molecule has 1 aromatic heterocycles. The maximum atomic E-state index is 5.57. The molecule has 0 aromatic carbocycles. The van der Waals surface area contributed by atoms with Crippen molar-refractivity contribution in [3.63, 3.8) is 0 Å². The SMILES string of the molecule is CCCNC(C)C(CC)c1nc(C2CCCCC2)no1. The van der Waals surface area contributed by atoms with E-state index >= 15 is 0 Å². The van der Waals surface area contributed by atoms with E-state index in [1.54, 1.807) is 0 Å². The van der Waals surface area contributed by atoms with E-state index in [1.807, 2.05) is 0 Å². The lowest BCUT2D eigenvalue weighted by atomic mass is 9.89. The fourth-order valence-corrected chi connectivity index (χ4v) is 3.18. The van der Waals surface area contributed by atoms with Crippen LogP contribution in [0.4, 0.5) is 0 Å². The van der Waals surface area contributed by atoms with Crippen molar-refractivity contribution < 1.29 is 4.52 Å². The van der Waals surface area contributed by atoms with E-state index in [1.165, 1.54) is 32.1 Å². The van der Waals surface area contributed by atoms with Gasteiger partial charge in [0.15, 0.2) is 5.82 Å². The Morgan fingerprint density at radius 3 is 2.65 bits per heavy atom. The van der Waals surface area contributed by atoms with Crippen LogP contribution in [0, 0.1) is 0 Å². The van der Waals surface area contributed by atoms with Gasteiger partial charge < -0.3 is 9.84 Å². The fraction of sp³-hybridized carbons (Fsp3) is 0.875. The minimum atomic E-state index is 0.325. The zero-order chi connectivity index (χ0) is 14.4. The first-order valence-electron chi connectivity index (χ1n) is 8.33. The van der Waals surface area contributed by atoms with Crippen molar-refractivity contribution in [3.05, 3.63) is 11.7 Å². The molecule has 1 N–H and O–H groups in total. The van der Waals surface area contributed by atoms with Crippen LogP contribution in [0.15, 0.2) is 4.52 Å². The van der Waals surface area contributed by atoms with Gasteiger partial charge in [-0.2, -0.15) is 4.98 Å². The Hall–Kier alpha value is -0.900. The van der Waals surface area contributed by atoms with Gasteiger partial charge in [0, 0.05) is 12.0 Å². The molecule has 20 heavy (non-hydrogen) atoms. The summed E-state index contributed by atoms with van der Waals surface area (Å²) in [6.45, 7) is 7.64. The summed E-state index contributed by atoms with van der Waals surface area (Å²) < 4.78 is 5.57. The highest BCUT2D eigenvalue weighted by atomic mass is 16.5. The molecule has 0 spiro atoms. The van der Waals surface area contributed by atoms with Gasteiger partial charge in [-0.15, -0.1) is 0 Å². The van der Waals surface area contributed by atoms with Crippen molar-refractivity contribution >= 4 is 0 Å². The molecule has 2 unspecified atom stereocenters. The van der Waals surface area contributed by atoms with Crippen molar-refractivity contribution in [1.29, 1.82) is 0 Å². The minimum Gasteiger partial charge on any atom is -0.339 e. The quantitative estimate of drug-likeness (QED) is 0.819. The summed E-state index contributed by atoms with van der Waals surface area (Å²) in [5, 5.41) is 7.80. The van der Waals surface area contributed by atoms with Crippen LogP contribution in [0.3, 0.4) is 0 Å². The van der Waals surface area contributed by atoms with E-state index in [-0.39, 0.29) is 0 Å². The van der Waals surface area contributed by atoms with Crippen LogP contribution in [0.25, 0.3) is 0 Å². The van der Waals surface area contributed by atoms with Gasteiger partial charge in [-0.1, -0.05) is 38.3 Å². The molecule has 1 heterocycles. The molecule has 1 aliphatic rings. The first-order valence-corrected chi connectivity index (χ1v) is 8.33. The topological polar surface area (TPSA) is 51.0 Å². The van der Waals surface area contributed by atoms with Gasteiger partial charge in [-0.3, -0.25) is 0 Å². The minimum absolute atomic E-state index is 0.325. The second kappa shape index (κ2) is 7.77. The molecule has 0 bridgehead atoms. The molecule has 1 saturated carbocycles. The standard InChI is InChI=1S/C16H29N3O/c1-4-11-17-12(3)14(5-2)16-18-15(19-20-16)13-9-7-6-8-10-13/h12-14,17H,4-11H2,1-3H3. The Labute approximate surface area is 122 Å². The van der Waals surface area contributed by atoms with Crippen LogP contribution >= 0.6 is 0 Å². The van der Waals surface area contributed by atoms with E-state index in [0.717, 1.165) is 31.1 Å². The van der Waals surface area contributed by atoms with Crippen molar-refractivity contribution in [2.75, 3.05) is 6.54 Å². The maximum Gasteiger partial charge on any atom is 0.231 e. The van der Waals surface area contributed by atoms with Gasteiger partial charge in [0.2, 0.25) is 5.89 Å². The van der Waals surface area contributed by atoms with Crippen molar-refractivity contribution in [3.8, 4) is 0 Å². The molecule has 4 heteroatoms. The molecule has 0 radical (unpaired) electrons. The van der Waals surface area contributed by atoms with Crippen molar-refractivity contribution in [1.82, 2.24) is 15.5 Å². The van der Waals surface area contributed by atoms with Crippen molar-refractivity contribution in [2.24, 2.45) is 0 Å². The number of rotatable bonds is 7. The highest BCUT2D eigenvalue weighted by Gasteiger charge is 2.26. The molecule has 0 aliphatic heterocycles. The second-order valence-corrected chi connectivity index (χ2v) is 6.08. The monoisotopic (exact) mass is 279 g/mol. The Bertz CT molecular complexity index is 385. The molecule has 1 aromatic rings. The van der Waals surface area contributed by atoms with Gasteiger partial charge in [0.05, 0.1) is 5.92 Å². The molecule has 2 rings (SSSR count). The van der Waals surface area contributed by atoms with Crippen LogP contribution < -0.4 is 5.32 Å². The highest BCUT2D eigenvalue weighted by Crippen LogP contribution is 2.32. The van der Waals surface area contributed by atoms with Crippen LogP contribution in [-0.2, 0) is 0 Å². The van der Waals surface area contributed by atoms with Crippen molar-refractivity contribution in [2.45, 2.75) is 83.6 Å². The average Bonchev–Trinajstić information content (AvgIpc) is 2.96. The molecule has 114 valence electrons. The molecule has 0 saturated heterocycles. The fourth-order valence-electron chi connectivity index (χ4n) is 3.18. The molecule has 4 nitrogen and oxygen atoms in total. The summed E-state index contributed by atoms with van der Waals surface area (Å²) >= 11 is 0. The smallest absolute Gasteiger partial charge is 0.231 e. The number of nitrogens with one attached hydrogen (secondary N) is 1. The Morgan fingerprint density at radius 1 is 1.25 bits per heavy atom. The van der Waals surface area contributed by atoms with Crippen LogP contribution in [-0.4, -0.2) is 22.7 Å². The van der Waals surface area contributed by atoms with Crippen LogP contribution in [0.2, 0.25) is 0 Å².